The fraction of sp³-hybridized carbons (Fsp3) is 0.800. The SMILES string of the molecule is [CH2-]CCCCCC(=O)CCC.[Li+]. The molecule has 0 aliphatic carbocycles. The molecule has 0 atom stereocenters. The van der Waals surface area contributed by atoms with Crippen LogP contribution in [-0.2, 0) is 4.79 Å². The molecule has 0 spiro atoms. The van der Waals surface area contributed by atoms with Gasteiger partial charge in [-0.3, -0.25) is 4.79 Å². The fourth-order valence-corrected chi connectivity index (χ4v) is 1.08. The van der Waals surface area contributed by atoms with Crippen LogP contribution in [0.25, 0.3) is 0 Å². The maximum absolute atomic E-state index is 11.0. The summed E-state index contributed by atoms with van der Waals surface area (Å²) in [4.78, 5) is 11.0. The molecule has 12 heavy (non-hydrogen) atoms. The monoisotopic (exact) mass is 162 g/mol. The molecule has 0 saturated heterocycles. The molecule has 0 aromatic heterocycles. The van der Waals surface area contributed by atoms with Crippen LogP contribution in [-0.4, -0.2) is 5.78 Å². The summed E-state index contributed by atoms with van der Waals surface area (Å²) in [6.45, 7) is 5.80. The van der Waals surface area contributed by atoms with E-state index in [9.17, 15) is 4.79 Å². The number of hydrogen-bond acceptors (Lipinski definition) is 1. The Labute approximate surface area is 88.5 Å². The van der Waals surface area contributed by atoms with Crippen LogP contribution in [0.15, 0.2) is 0 Å². The van der Waals surface area contributed by atoms with E-state index in [0.29, 0.717) is 5.78 Å². The van der Waals surface area contributed by atoms with Crippen molar-refractivity contribution < 1.29 is 23.7 Å². The summed E-state index contributed by atoms with van der Waals surface area (Å²) in [5.74, 6) is 0.427. The maximum atomic E-state index is 11.0. The van der Waals surface area contributed by atoms with Gasteiger partial charge >= 0.3 is 18.9 Å². The van der Waals surface area contributed by atoms with Gasteiger partial charge in [0.15, 0.2) is 0 Å². The number of rotatable bonds is 7. The Morgan fingerprint density at radius 3 is 2.33 bits per heavy atom. The van der Waals surface area contributed by atoms with Crippen molar-refractivity contribution in [2.45, 2.75) is 51.9 Å². The van der Waals surface area contributed by atoms with E-state index in [-0.39, 0.29) is 18.9 Å². The predicted octanol–water partition coefficient (Wildman–Crippen LogP) is 0.144. The van der Waals surface area contributed by atoms with Gasteiger partial charge in [0.2, 0.25) is 0 Å². The molecule has 0 aromatic rings. The van der Waals surface area contributed by atoms with Crippen LogP contribution < -0.4 is 18.9 Å². The standard InChI is InChI=1S/C10H19O.Li/c1-3-5-6-7-9-10(11)8-4-2;/h1,3-9H2,2H3;/q-1;+1. The van der Waals surface area contributed by atoms with Crippen molar-refractivity contribution in [3.8, 4) is 0 Å². The quantitative estimate of drug-likeness (QED) is 0.296. The summed E-state index contributed by atoms with van der Waals surface area (Å²) in [5.41, 5.74) is 0. The normalized spacial score (nSPS) is 9.17. The Balaban J connectivity index is 0. The van der Waals surface area contributed by atoms with Crippen molar-refractivity contribution >= 4 is 5.78 Å². The van der Waals surface area contributed by atoms with Gasteiger partial charge in [-0.05, 0) is 12.8 Å². The molecule has 0 aliphatic heterocycles. The Hall–Kier alpha value is 0.267. The Kier molecular flexibility index (Phi) is 13.9. The predicted molar refractivity (Wildman–Crippen MR) is 48.4 cm³/mol. The second-order valence-corrected chi connectivity index (χ2v) is 2.95. The summed E-state index contributed by atoms with van der Waals surface area (Å²) < 4.78 is 0. The number of unbranched alkanes of at least 4 members (excludes halogenated alkanes) is 3. The van der Waals surface area contributed by atoms with Gasteiger partial charge in [0, 0.05) is 12.8 Å². The molecule has 0 fully saturated rings. The van der Waals surface area contributed by atoms with Crippen LogP contribution in [0.3, 0.4) is 0 Å². The molecule has 66 valence electrons. The van der Waals surface area contributed by atoms with Crippen molar-refractivity contribution in [3.63, 3.8) is 0 Å². The van der Waals surface area contributed by atoms with Crippen LogP contribution in [0, 0.1) is 6.92 Å². The van der Waals surface area contributed by atoms with Crippen LogP contribution in [0.4, 0.5) is 0 Å². The van der Waals surface area contributed by atoms with Gasteiger partial charge in [0.25, 0.3) is 0 Å². The van der Waals surface area contributed by atoms with Gasteiger partial charge < -0.3 is 6.92 Å². The topological polar surface area (TPSA) is 17.1 Å². The summed E-state index contributed by atoms with van der Waals surface area (Å²) in [6.07, 6.45) is 6.95. The van der Waals surface area contributed by atoms with Crippen molar-refractivity contribution in [3.05, 3.63) is 6.92 Å². The smallest absolute Gasteiger partial charge is 0.343 e. The van der Waals surface area contributed by atoms with E-state index < -0.39 is 0 Å². The summed E-state index contributed by atoms with van der Waals surface area (Å²) in [6, 6.07) is 0. The number of hydrogen-bond donors (Lipinski definition) is 0. The molecule has 0 N–H and O–H groups in total. The van der Waals surface area contributed by atoms with E-state index in [1.165, 1.54) is 12.8 Å². The van der Waals surface area contributed by atoms with Crippen LogP contribution in [0.2, 0.25) is 0 Å². The molecule has 0 aliphatic rings. The second-order valence-electron chi connectivity index (χ2n) is 2.95. The minimum atomic E-state index is 0. The third kappa shape index (κ3) is 10.3. The Morgan fingerprint density at radius 1 is 1.17 bits per heavy atom. The van der Waals surface area contributed by atoms with Crippen LogP contribution >= 0.6 is 0 Å². The Bertz CT molecular complexity index is 102. The zero-order chi connectivity index (χ0) is 8.53. The molecule has 0 aromatic carbocycles. The molecular weight excluding hydrogens is 143 g/mol. The molecular formula is C10H19LiO. The van der Waals surface area contributed by atoms with Crippen molar-refractivity contribution in [1.82, 2.24) is 0 Å². The third-order valence-electron chi connectivity index (χ3n) is 1.73. The van der Waals surface area contributed by atoms with E-state index in [1.807, 2.05) is 6.92 Å². The number of carbonyl (C=O) groups is 1. The molecule has 0 radical (unpaired) electrons. The largest absolute Gasteiger partial charge is 1.00 e. The average molecular weight is 162 g/mol. The molecule has 0 heterocycles. The molecule has 0 bridgehead atoms. The van der Waals surface area contributed by atoms with E-state index in [2.05, 4.69) is 6.92 Å². The van der Waals surface area contributed by atoms with Crippen LogP contribution in [0.1, 0.15) is 51.9 Å². The first-order valence-electron chi connectivity index (χ1n) is 4.62. The number of Topliss-reactive ketones (excluding diaryl/α,β-unsaturated/α-hetero) is 1. The molecule has 0 saturated carbocycles. The Morgan fingerprint density at radius 2 is 1.83 bits per heavy atom. The first-order valence-corrected chi connectivity index (χ1v) is 4.62. The summed E-state index contributed by atoms with van der Waals surface area (Å²) in [7, 11) is 0. The minimum Gasteiger partial charge on any atom is -0.343 e. The molecule has 0 rings (SSSR count). The first-order chi connectivity index (χ1) is 5.31. The van der Waals surface area contributed by atoms with Gasteiger partial charge in [-0.1, -0.05) is 19.8 Å². The van der Waals surface area contributed by atoms with Crippen molar-refractivity contribution in [2.75, 3.05) is 0 Å². The molecule has 2 heteroatoms. The first kappa shape index (κ1) is 14.8. The number of ketones is 1. The zero-order valence-electron chi connectivity index (χ0n) is 8.57. The van der Waals surface area contributed by atoms with Gasteiger partial charge in [-0.25, -0.2) is 0 Å². The van der Waals surface area contributed by atoms with E-state index in [1.54, 1.807) is 0 Å². The minimum absolute atomic E-state index is 0. The average Bonchev–Trinajstić information content (AvgIpc) is 1.99. The van der Waals surface area contributed by atoms with Crippen LogP contribution in [0.5, 0.6) is 0 Å². The van der Waals surface area contributed by atoms with Crippen molar-refractivity contribution in [2.24, 2.45) is 0 Å². The third-order valence-corrected chi connectivity index (χ3v) is 1.73. The van der Waals surface area contributed by atoms with Crippen molar-refractivity contribution in [1.29, 1.82) is 0 Å². The molecule has 0 amide bonds. The zero-order valence-corrected chi connectivity index (χ0v) is 8.57. The maximum Gasteiger partial charge on any atom is 1.00 e. The fourth-order valence-electron chi connectivity index (χ4n) is 1.08. The summed E-state index contributed by atoms with van der Waals surface area (Å²) in [5, 5.41) is 0. The van der Waals surface area contributed by atoms with Gasteiger partial charge in [0.1, 0.15) is 5.78 Å². The van der Waals surface area contributed by atoms with Gasteiger partial charge in [-0.2, -0.15) is 6.42 Å². The van der Waals surface area contributed by atoms with E-state index in [0.717, 1.165) is 32.1 Å². The summed E-state index contributed by atoms with van der Waals surface area (Å²) >= 11 is 0. The van der Waals surface area contributed by atoms with E-state index in [4.69, 9.17) is 0 Å². The number of carbonyl (C=O) groups excluding carboxylic acids is 1. The second kappa shape index (κ2) is 11.3. The van der Waals surface area contributed by atoms with Gasteiger partial charge in [0.05, 0.1) is 0 Å². The van der Waals surface area contributed by atoms with Gasteiger partial charge in [-0.15, -0.1) is 0 Å². The molecule has 0 unspecified atom stereocenters. The molecule has 1 nitrogen and oxygen atoms in total. The van der Waals surface area contributed by atoms with E-state index >= 15 is 0 Å².